The van der Waals surface area contributed by atoms with E-state index in [9.17, 15) is 10.0 Å². The average molecular weight is 1560 g/mol. The van der Waals surface area contributed by atoms with Gasteiger partial charge in [0.05, 0.1) is 10.8 Å². The van der Waals surface area contributed by atoms with E-state index in [1.807, 2.05) is 72.8 Å². The summed E-state index contributed by atoms with van der Waals surface area (Å²) in [6.07, 6.45) is 0. The Morgan fingerprint density at radius 2 is 0.504 bits per heavy atom. The van der Waals surface area contributed by atoms with Crippen LogP contribution in [0.1, 0.15) is 51.9 Å². The van der Waals surface area contributed by atoms with E-state index in [0.29, 0.717) is 34.6 Å². The third-order valence-corrected chi connectivity index (χ3v) is 26.2. The van der Waals surface area contributed by atoms with Crippen LogP contribution in [0.2, 0.25) is 5.28 Å². The molecule has 0 atom stereocenters. The molecular formula is C105H68BClN6O2S2. The van der Waals surface area contributed by atoms with Gasteiger partial charge in [-0.15, -0.1) is 22.7 Å². The zero-order valence-electron chi connectivity index (χ0n) is 62.1. The molecule has 24 rings (SSSR count). The van der Waals surface area contributed by atoms with Gasteiger partial charge in [0.2, 0.25) is 5.28 Å². The topological polar surface area (TPSA) is 118 Å². The molecule has 552 valence electrons. The molecule has 0 saturated carbocycles. The lowest BCUT2D eigenvalue weighted by Crippen LogP contribution is -2.29. The summed E-state index contributed by atoms with van der Waals surface area (Å²) in [7, 11) is -1.47. The lowest BCUT2D eigenvalue weighted by Gasteiger charge is -2.30. The first-order valence-electron chi connectivity index (χ1n) is 38.8. The number of fused-ring (bicyclic) bond motifs is 26. The molecule has 4 aliphatic carbocycles. The first-order valence-corrected chi connectivity index (χ1v) is 40.8. The highest BCUT2D eigenvalue weighted by molar-refractivity contribution is 7.26. The number of aromatic nitrogens is 6. The van der Waals surface area contributed by atoms with Gasteiger partial charge in [0.1, 0.15) is 0 Å². The zero-order valence-corrected chi connectivity index (χ0v) is 64.5. The number of hydrogen-bond donors (Lipinski definition) is 2. The number of rotatable bonds is 8. The molecule has 0 saturated heterocycles. The summed E-state index contributed by atoms with van der Waals surface area (Å²) >= 11 is 9.76. The second-order valence-electron chi connectivity index (χ2n) is 29.7. The van der Waals surface area contributed by atoms with E-state index in [0.717, 1.165) is 49.2 Å². The van der Waals surface area contributed by atoms with Crippen LogP contribution in [-0.2, 0) is 10.8 Å². The molecule has 0 fully saturated rings. The van der Waals surface area contributed by atoms with Crippen molar-refractivity contribution >= 4 is 87.2 Å². The van der Waals surface area contributed by atoms with Crippen molar-refractivity contribution < 1.29 is 10.0 Å². The van der Waals surface area contributed by atoms with E-state index >= 15 is 0 Å². The number of benzene rings is 16. The summed E-state index contributed by atoms with van der Waals surface area (Å²) in [5.74, 6) is 3.17. The van der Waals surface area contributed by atoms with Crippen LogP contribution in [0.5, 0.6) is 0 Å². The molecule has 8 nitrogen and oxygen atoms in total. The third-order valence-electron chi connectivity index (χ3n) is 23.6. The molecule has 12 heteroatoms. The van der Waals surface area contributed by atoms with Gasteiger partial charge in [-0.25, -0.2) is 19.9 Å². The fourth-order valence-electron chi connectivity index (χ4n) is 18.8. The van der Waals surface area contributed by atoms with E-state index in [1.165, 1.54) is 130 Å². The first kappa shape index (κ1) is 71.1. The summed E-state index contributed by atoms with van der Waals surface area (Å²) in [6.45, 7) is 0. The normalized spacial score (nSPS) is 12.8. The molecule has 0 radical (unpaired) electrons. The molecule has 117 heavy (non-hydrogen) atoms. The predicted molar refractivity (Wildman–Crippen MR) is 484 cm³/mol. The van der Waals surface area contributed by atoms with Gasteiger partial charge in [0, 0.05) is 68.2 Å². The summed E-state index contributed by atoms with van der Waals surface area (Å²) in [6, 6.07) is 133. The van der Waals surface area contributed by atoms with Crippen LogP contribution in [0, 0.1) is 0 Å². The van der Waals surface area contributed by atoms with Crippen LogP contribution < -0.4 is 5.46 Å². The summed E-state index contributed by atoms with van der Waals surface area (Å²) in [4.78, 5) is 28.8. The van der Waals surface area contributed by atoms with Crippen molar-refractivity contribution in [2.45, 2.75) is 18.3 Å². The molecule has 0 bridgehead atoms. The van der Waals surface area contributed by atoms with Gasteiger partial charge >= 0.3 is 7.12 Å². The lowest BCUT2D eigenvalue weighted by molar-refractivity contribution is 0.426. The van der Waals surface area contributed by atoms with Crippen LogP contribution in [0.4, 0.5) is 0 Å². The summed E-state index contributed by atoms with van der Waals surface area (Å²) < 4.78 is 4.85. The molecule has 20 aromatic rings. The minimum atomic E-state index is -1.47. The highest BCUT2D eigenvalue weighted by Crippen LogP contribution is 2.66. The molecule has 4 aliphatic rings. The van der Waals surface area contributed by atoms with Crippen molar-refractivity contribution in [2.24, 2.45) is 0 Å². The van der Waals surface area contributed by atoms with E-state index in [2.05, 4.69) is 301 Å². The van der Waals surface area contributed by atoms with Crippen molar-refractivity contribution in [1.29, 1.82) is 0 Å². The SMILES string of the molecule is C.Clc1nc(-c2ccccc2)nc(-c2cccc3c2sc2ccccc23)n1.OB(O)c1ccc(-c2cccc3c2-c2ccccc2C32c3ccccc3-c3ccccc32)cc1.c1ccc(-c2nc(-c3ccc(-c4cccc5c4-c4ccccc4C54c5ccccc5-c5ccccc54)cc3)nc(-c3cccc4c3sc3ccccc34)n2)cc1. The Morgan fingerprint density at radius 1 is 0.231 bits per heavy atom. The number of thiophene rings is 2. The molecule has 0 amide bonds. The third kappa shape index (κ3) is 11.2. The number of halogens is 1. The zero-order chi connectivity index (χ0) is 77.2. The van der Waals surface area contributed by atoms with E-state index < -0.39 is 7.12 Å². The van der Waals surface area contributed by atoms with E-state index in [-0.39, 0.29) is 23.5 Å². The van der Waals surface area contributed by atoms with Gasteiger partial charge in [-0.2, -0.15) is 9.97 Å². The van der Waals surface area contributed by atoms with Crippen LogP contribution in [0.3, 0.4) is 0 Å². The number of nitrogens with zero attached hydrogens (tertiary/aromatic N) is 6. The largest absolute Gasteiger partial charge is 0.488 e. The van der Waals surface area contributed by atoms with Gasteiger partial charge in [0.25, 0.3) is 0 Å². The van der Waals surface area contributed by atoms with Crippen LogP contribution in [0.25, 0.3) is 164 Å². The van der Waals surface area contributed by atoms with Gasteiger partial charge < -0.3 is 10.0 Å². The lowest BCUT2D eigenvalue weighted by atomic mass is 9.70. The summed E-state index contributed by atoms with van der Waals surface area (Å²) in [5, 5.41) is 24.2. The van der Waals surface area contributed by atoms with Crippen molar-refractivity contribution in [3.63, 3.8) is 0 Å². The Kier molecular flexibility index (Phi) is 17.4. The van der Waals surface area contributed by atoms with Crippen LogP contribution in [-0.4, -0.2) is 47.1 Å². The molecule has 4 heterocycles. The molecular weight excluding hydrogens is 1490 g/mol. The maximum Gasteiger partial charge on any atom is 0.488 e. The first-order chi connectivity index (χ1) is 57.3. The standard InChI is InChI=1S/C52H31N3S.C31H21BO2.C21H12ClN3S.CH4/c1-2-14-33(15-3-1)49-53-50(55-51(54-49)41-22-12-21-39-38-18-7-11-27-46(38)56-48(39)41)34-30-28-32(29-31-34)35-20-13-26-45-47(35)40-19-6-10-25-44(40)52(45)42-23-8-4-16-36(42)37-17-5-9-24-43(37)52;33-32(34)21-18-16-20(17-19-21)22-11-7-15-29-30(22)25-10-3-6-14-28(25)31(29)26-12-4-1-8-23(26)24-9-2-5-13-27(24)31;22-21-24-19(13-7-2-1-3-8-13)23-20(25-21)16-11-6-10-15-14-9-4-5-12-17(14)26-18(15)16;/h1-31H;1-19,33-34H;1-12H;1H4. The summed E-state index contributed by atoms with van der Waals surface area (Å²) in [5.41, 5.74) is 30.2. The van der Waals surface area contributed by atoms with Crippen LogP contribution >= 0.6 is 34.3 Å². The Bertz CT molecular complexity index is 7260. The van der Waals surface area contributed by atoms with Crippen molar-refractivity contribution in [2.75, 3.05) is 0 Å². The fraction of sp³-hybridized carbons (Fsp3) is 0.0286. The second kappa shape index (κ2) is 28.7. The smallest absolute Gasteiger partial charge is 0.423 e. The van der Waals surface area contributed by atoms with Gasteiger partial charge in [-0.05, 0) is 153 Å². The molecule has 0 unspecified atom stereocenters. The minimum Gasteiger partial charge on any atom is -0.423 e. The minimum absolute atomic E-state index is 0. The monoisotopic (exact) mass is 1550 g/mol. The molecule has 2 N–H and O–H groups in total. The molecule has 16 aromatic carbocycles. The van der Waals surface area contributed by atoms with Crippen molar-refractivity contribution in [3.05, 3.63) is 426 Å². The second-order valence-corrected chi connectivity index (χ2v) is 32.1. The highest BCUT2D eigenvalue weighted by Gasteiger charge is 2.54. The Morgan fingerprint density at radius 3 is 0.923 bits per heavy atom. The predicted octanol–water partition coefficient (Wildman–Crippen LogP) is 25.5. The number of hydrogen-bond acceptors (Lipinski definition) is 10. The van der Waals surface area contributed by atoms with Crippen molar-refractivity contribution in [1.82, 2.24) is 29.9 Å². The fourth-order valence-corrected chi connectivity index (χ4v) is 21.4. The molecule has 0 aliphatic heterocycles. The molecule has 4 aromatic heterocycles. The van der Waals surface area contributed by atoms with Gasteiger partial charge in [0.15, 0.2) is 29.1 Å². The maximum absolute atomic E-state index is 9.55. The van der Waals surface area contributed by atoms with Gasteiger partial charge in [-0.3, -0.25) is 0 Å². The highest BCUT2D eigenvalue weighted by atomic mass is 35.5. The van der Waals surface area contributed by atoms with Gasteiger partial charge in [-0.1, -0.05) is 359 Å². The quantitative estimate of drug-likeness (QED) is 0.145. The van der Waals surface area contributed by atoms with Crippen LogP contribution in [0.15, 0.2) is 376 Å². The van der Waals surface area contributed by atoms with Crippen molar-refractivity contribution in [3.8, 4) is 124 Å². The maximum atomic E-state index is 9.55. The Balaban J connectivity index is 0.000000119. The van der Waals surface area contributed by atoms with E-state index in [1.54, 1.807) is 34.8 Å². The van der Waals surface area contributed by atoms with E-state index in [4.69, 9.17) is 31.5 Å². The average Bonchev–Trinajstić information content (AvgIpc) is 1.51. The Hall–Kier alpha value is -13.7. The molecule has 2 spiro atoms. The Labute approximate surface area is 689 Å².